The number of benzene rings is 1. The van der Waals surface area contributed by atoms with Crippen LogP contribution in [0, 0.1) is 12.8 Å². The Hall–Kier alpha value is -2.12. The number of carbonyl (C=O) groups excluding carboxylic acids is 1. The third-order valence-corrected chi connectivity index (χ3v) is 6.15. The second kappa shape index (κ2) is 12.2. The molecule has 3 rings (SSSR count). The summed E-state index contributed by atoms with van der Waals surface area (Å²) in [4.78, 5) is 21.6. The number of piperazine rings is 1. The molecule has 2 aliphatic rings. The van der Waals surface area contributed by atoms with Crippen LogP contribution in [-0.4, -0.2) is 80.1 Å². The molecule has 2 heterocycles. The summed E-state index contributed by atoms with van der Waals surface area (Å²) in [5.41, 5.74) is 2.53. The predicted octanol–water partition coefficient (Wildman–Crippen LogP) is 2.57. The molecule has 0 bridgehead atoms. The van der Waals surface area contributed by atoms with Gasteiger partial charge in [-0.1, -0.05) is 29.8 Å². The van der Waals surface area contributed by atoms with Crippen molar-refractivity contribution in [1.29, 1.82) is 0 Å². The number of guanidine groups is 1. The lowest BCUT2D eigenvalue weighted by molar-refractivity contribution is -0.123. The molecule has 0 saturated carbocycles. The zero-order valence-corrected chi connectivity index (χ0v) is 20.3. The van der Waals surface area contributed by atoms with Crippen LogP contribution in [0.1, 0.15) is 50.8 Å². The number of rotatable bonds is 7. The minimum absolute atomic E-state index is 0.105. The number of hydrogen-bond acceptors (Lipinski definition) is 4. The van der Waals surface area contributed by atoms with E-state index < -0.39 is 0 Å². The number of hydrogen-bond donors (Lipinski definition) is 2. The minimum atomic E-state index is 0.105. The van der Waals surface area contributed by atoms with Crippen molar-refractivity contribution < 1.29 is 9.53 Å². The van der Waals surface area contributed by atoms with Gasteiger partial charge in [0, 0.05) is 57.8 Å². The standard InChI is InChI=1S/C25H41N5O2/c1-5-26-25(30-14-12-29(13-15-30)18-23(31)28-19(2)3)27-17-22-7-6-16-32-24(22)21-10-8-20(4)9-11-21/h8-11,19,22,24H,5-7,12-18H2,1-4H3,(H,26,27)(H,28,31). The van der Waals surface area contributed by atoms with E-state index in [1.54, 1.807) is 0 Å². The number of amides is 1. The first-order valence-corrected chi connectivity index (χ1v) is 12.2. The molecule has 0 aromatic heterocycles. The van der Waals surface area contributed by atoms with E-state index in [1.165, 1.54) is 11.1 Å². The maximum absolute atomic E-state index is 12.1. The Bertz CT molecular complexity index is 741. The fourth-order valence-corrected chi connectivity index (χ4v) is 4.47. The summed E-state index contributed by atoms with van der Waals surface area (Å²) in [6.45, 7) is 14.6. The Balaban J connectivity index is 1.58. The van der Waals surface area contributed by atoms with Crippen molar-refractivity contribution in [3.05, 3.63) is 35.4 Å². The summed E-state index contributed by atoms with van der Waals surface area (Å²) < 4.78 is 6.18. The summed E-state index contributed by atoms with van der Waals surface area (Å²) in [5, 5.41) is 6.45. The Kier molecular flexibility index (Phi) is 9.36. The monoisotopic (exact) mass is 443 g/mol. The lowest BCUT2D eigenvalue weighted by Gasteiger charge is -2.37. The van der Waals surface area contributed by atoms with E-state index in [9.17, 15) is 4.79 Å². The number of carbonyl (C=O) groups is 1. The van der Waals surface area contributed by atoms with Gasteiger partial charge >= 0.3 is 0 Å². The van der Waals surface area contributed by atoms with E-state index in [-0.39, 0.29) is 18.1 Å². The van der Waals surface area contributed by atoms with Gasteiger partial charge in [0.25, 0.3) is 0 Å². The molecule has 7 heteroatoms. The van der Waals surface area contributed by atoms with E-state index in [2.05, 4.69) is 58.5 Å². The molecular formula is C25H41N5O2. The van der Waals surface area contributed by atoms with Crippen molar-refractivity contribution in [3.63, 3.8) is 0 Å². The molecule has 178 valence electrons. The highest BCUT2D eigenvalue weighted by molar-refractivity contribution is 5.80. The largest absolute Gasteiger partial charge is 0.373 e. The lowest BCUT2D eigenvalue weighted by atomic mass is 9.89. The van der Waals surface area contributed by atoms with Gasteiger partial charge in [0.15, 0.2) is 5.96 Å². The van der Waals surface area contributed by atoms with Gasteiger partial charge in [0.05, 0.1) is 12.6 Å². The Morgan fingerprint density at radius 2 is 1.91 bits per heavy atom. The number of nitrogens with one attached hydrogen (secondary N) is 2. The first-order chi connectivity index (χ1) is 15.5. The molecule has 0 spiro atoms. The highest BCUT2D eigenvalue weighted by Crippen LogP contribution is 2.34. The topological polar surface area (TPSA) is 69.2 Å². The molecule has 2 N–H and O–H groups in total. The van der Waals surface area contributed by atoms with Gasteiger partial charge in [-0.05, 0) is 46.1 Å². The van der Waals surface area contributed by atoms with Gasteiger partial charge in [0.2, 0.25) is 5.91 Å². The van der Waals surface area contributed by atoms with Crippen LogP contribution in [0.25, 0.3) is 0 Å². The maximum atomic E-state index is 12.1. The highest BCUT2D eigenvalue weighted by Gasteiger charge is 2.28. The molecule has 1 amide bonds. The molecule has 2 fully saturated rings. The molecule has 2 saturated heterocycles. The Morgan fingerprint density at radius 1 is 1.19 bits per heavy atom. The number of nitrogens with zero attached hydrogens (tertiary/aromatic N) is 3. The molecular weight excluding hydrogens is 402 g/mol. The van der Waals surface area contributed by atoms with Crippen LogP contribution in [0.3, 0.4) is 0 Å². The minimum Gasteiger partial charge on any atom is -0.373 e. The quantitative estimate of drug-likeness (QED) is 0.501. The molecule has 1 aromatic rings. The van der Waals surface area contributed by atoms with Crippen LogP contribution in [0.15, 0.2) is 29.3 Å². The third kappa shape index (κ3) is 7.20. The van der Waals surface area contributed by atoms with Crippen molar-refractivity contribution in [2.24, 2.45) is 10.9 Å². The predicted molar refractivity (Wildman–Crippen MR) is 130 cm³/mol. The fraction of sp³-hybridized carbons (Fsp3) is 0.680. The summed E-state index contributed by atoms with van der Waals surface area (Å²) >= 11 is 0. The summed E-state index contributed by atoms with van der Waals surface area (Å²) in [6, 6.07) is 8.91. The normalized spacial score (nSPS) is 22.8. The zero-order valence-electron chi connectivity index (χ0n) is 20.3. The fourth-order valence-electron chi connectivity index (χ4n) is 4.47. The first kappa shape index (κ1) is 24.5. The van der Waals surface area contributed by atoms with Crippen molar-refractivity contribution in [2.75, 3.05) is 52.4 Å². The zero-order chi connectivity index (χ0) is 22.9. The van der Waals surface area contributed by atoms with Gasteiger partial charge < -0.3 is 20.3 Å². The molecule has 2 aliphatic heterocycles. The molecule has 0 aliphatic carbocycles. The Morgan fingerprint density at radius 3 is 2.56 bits per heavy atom. The summed E-state index contributed by atoms with van der Waals surface area (Å²) in [5.74, 6) is 1.47. The number of aryl methyl sites for hydroxylation is 1. The molecule has 7 nitrogen and oxygen atoms in total. The smallest absolute Gasteiger partial charge is 0.234 e. The van der Waals surface area contributed by atoms with Crippen LogP contribution in [0.2, 0.25) is 0 Å². The van der Waals surface area contributed by atoms with Gasteiger partial charge in [-0.3, -0.25) is 14.7 Å². The number of aliphatic imine (C=N–C) groups is 1. The summed E-state index contributed by atoms with van der Waals surface area (Å²) in [6.07, 6.45) is 2.35. The molecule has 32 heavy (non-hydrogen) atoms. The maximum Gasteiger partial charge on any atom is 0.234 e. The second-order valence-corrected chi connectivity index (χ2v) is 9.28. The van der Waals surface area contributed by atoms with Gasteiger partial charge in [-0.25, -0.2) is 0 Å². The van der Waals surface area contributed by atoms with Crippen molar-refractivity contribution in [1.82, 2.24) is 20.4 Å². The van der Waals surface area contributed by atoms with Gasteiger partial charge in [-0.2, -0.15) is 0 Å². The van der Waals surface area contributed by atoms with Gasteiger partial charge in [0.1, 0.15) is 0 Å². The average Bonchev–Trinajstić information content (AvgIpc) is 2.77. The van der Waals surface area contributed by atoms with E-state index in [0.717, 1.165) is 64.7 Å². The van der Waals surface area contributed by atoms with Crippen molar-refractivity contribution >= 4 is 11.9 Å². The lowest BCUT2D eigenvalue weighted by Crippen LogP contribution is -2.54. The van der Waals surface area contributed by atoms with Crippen LogP contribution in [0.4, 0.5) is 0 Å². The molecule has 1 aromatic carbocycles. The molecule has 2 unspecified atom stereocenters. The van der Waals surface area contributed by atoms with Crippen LogP contribution >= 0.6 is 0 Å². The molecule has 2 atom stereocenters. The highest BCUT2D eigenvalue weighted by atomic mass is 16.5. The van der Waals surface area contributed by atoms with Gasteiger partial charge in [-0.15, -0.1) is 0 Å². The number of ether oxygens (including phenoxy) is 1. The van der Waals surface area contributed by atoms with Crippen LogP contribution in [0.5, 0.6) is 0 Å². The van der Waals surface area contributed by atoms with Crippen molar-refractivity contribution in [3.8, 4) is 0 Å². The third-order valence-electron chi connectivity index (χ3n) is 6.15. The van der Waals surface area contributed by atoms with Crippen LogP contribution < -0.4 is 10.6 Å². The first-order valence-electron chi connectivity index (χ1n) is 12.2. The Labute approximate surface area is 193 Å². The van der Waals surface area contributed by atoms with E-state index >= 15 is 0 Å². The van der Waals surface area contributed by atoms with E-state index in [1.807, 2.05) is 13.8 Å². The van der Waals surface area contributed by atoms with Crippen LogP contribution in [-0.2, 0) is 9.53 Å². The summed E-state index contributed by atoms with van der Waals surface area (Å²) in [7, 11) is 0. The van der Waals surface area contributed by atoms with Crippen molar-refractivity contribution in [2.45, 2.75) is 52.7 Å². The average molecular weight is 444 g/mol. The van der Waals surface area contributed by atoms with E-state index in [4.69, 9.17) is 9.73 Å². The van der Waals surface area contributed by atoms with E-state index in [0.29, 0.717) is 12.5 Å². The SMILES string of the molecule is CCNC(=NCC1CCCOC1c1ccc(C)cc1)N1CCN(CC(=O)NC(C)C)CC1. The molecule has 0 radical (unpaired) electrons. The second-order valence-electron chi connectivity index (χ2n) is 9.28.